The average molecular weight is 529 g/mol. The van der Waals surface area contributed by atoms with E-state index >= 15 is 0 Å². The van der Waals surface area contributed by atoms with Gasteiger partial charge in [0.25, 0.3) is 0 Å². The van der Waals surface area contributed by atoms with Crippen molar-refractivity contribution >= 4 is 17.5 Å². The molecule has 1 unspecified atom stereocenters. The van der Waals surface area contributed by atoms with Gasteiger partial charge in [-0.2, -0.15) is 0 Å². The summed E-state index contributed by atoms with van der Waals surface area (Å²) in [6, 6.07) is 18.1. The predicted molar refractivity (Wildman–Crippen MR) is 155 cm³/mol. The highest BCUT2D eigenvalue weighted by Gasteiger charge is 2.25. The Balaban J connectivity index is 1.37. The molecule has 1 atom stereocenters. The Labute approximate surface area is 231 Å². The summed E-state index contributed by atoms with van der Waals surface area (Å²) in [5.41, 5.74) is 5.18. The van der Waals surface area contributed by atoms with Gasteiger partial charge >= 0.3 is 0 Å². The van der Waals surface area contributed by atoms with E-state index in [9.17, 15) is 9.59 Å². The van der Waals surface area contributed by atoms with E-state index in [0.717, 1.165) is 35.5 Å². The van der Waals surface area contributed by atoms with Crippen LogP contribution in [0, 0.1) is 5.92 Å². The van der Waals surface area contributed by atoms with Crippen molar-refractivity contribution in [2.75, 3.05) is 11.9 Å². The lowest BCUT2D eigenvalue weighted by atomic mass is 9.83. The van der Waals surface area contributed by atoms with Crippen molar-refractivity contribution in [1.82, 2.24) is 15.6 Å². The van der Waals surface area contributed by atoms with Crippen molar-refractivity contribution in [3.8, 4) is 11.5 Å². The van der Waals surface area contributed by atoms with E-state index in [1.807, 2.05) is 44.2 Å². The number of fused-ring (bicyclic) bond motifs is 1. The van der Waals surface area contributed by atoms with Gasteiger partial charge in [-0.25, -0.2) is 0 Å². The van der Waals surface area contributed by atoms with Crippen molar-refractivity contribution in [1.29, 1.82) is 0 Å². The topological polar surface area (TPSA) is 92.4 Å². The van der Waals surface area contributed by atoms with Gasteiger partial charge in [-0.15, -0.1) is 0 Å². The molecule has 1 aliphatic rings. The van der Waals surface area contributed by atoms with Crippen molar-refractivity contribution in [3.63, 3.8) is 0 Å². The van der Waals surface area contributed by atoms with Crippen LogP contribution in [0.5, 0.6) is 11.5 Å². The fourth-order valence-electron chi connectivity index (χ4n) is 4.63. The Bertz CT molecular complexity index is 1310. The number of amides is 2. The van der Waals surface area contributed by atoms with Crippen LogP contribution < -0.4 is 20.7 Å². The molecule has 1 aliphatic carbocycles. The molecule has 0 bridgehead atoms. The number of carbonyl (C=O) groups excluding carboxylic acids is 2. The Morgan fingerprint density at radius 3 is 2.59 bits per heavy atom. The third-order valence-electron chi connectivity index (χ3n) is 6.93. The number of aryl methyl sites for hydroxylation is 1. The van der Waals surface area contributed by atoms with E-state index < -0.39 is 0 Å². The van der Waals surface area contributed by atoms with Crippen LogP contribution >= 0.6 is 0 Å². The molecule has 1 aromatic heterocycles. The predicted octanol–water partition coefficient (Wildman–Crippen LogP) is 5.53. The lowest BCUT2D eigenvalue weighted by Crippen LogP contribution is -2.36. The second-order valence-electron chi connectivity index (χ2n) is 11.6. The number of hydrogen-bond donors (Lipinski definition) is 3. The molecule has 0 saturated carbocycles. The van der Waals surface area contributed by atoms with E-state index in [1.54, 1.807) is 12.3 Å². The summed E-state index contributed by atoms with van der Waals surface area (Å²) in [5, 5.41) is 9.11. The van der Waals surface area contributed by atoms with Crippen molar-refractivity contribution < 1.29 is 14.3 Å². The molecule has 39 heavy (non-hydrogen) atoms. The average Bonchev–Trinajstić information content (AvgIpc) is 2.90. The smallest absolute Gasteiger partial charge is 0.234 e. The Morgan fingerprint density at radius 2 is 1.82 bits per heavy atom. The SMILES string of the molecule is CC(C)NCC(=O)NCc1cc(Oc2ccc3c(c2)CC(C(=O)Nc2cccc(C(C)(C)C)c2)CC3)ccn1. The minimum Gasteiger partial charge on any atom is -0.457 e. The molecule has 4 rings (SSSR count). The lowest BCUT2D eigenvalue weighted by molar-refractivity contribution is -0.121. The molecule has 3 aromatic rings. The van der Waals surface area contributed by atoms with Gasteiger partial charge in [0, 0.05) is 29.9 Å². The molecule has 7 heteroatoms. The molecular weight excluding hydrogens is 488 g/mol. The summed E-state index contributed by atoms with van der Waals surface area (Å²) in [4.78, 5) is 29.5. The maximum absolute atomic E-state index is 13.2. The quantitative estimate of drug-likeness (QED) is 0.340. The normalized spacial score (nSPS) is 15.0. The van der Waals surface area contributed by atoms with Gasteiger partial charge in [0.15, 0.2) is 0 Å². The van der Waals surface area contributed by atoms with Crippen LogP contribution in [0.4, 0.5) is 5.69 Å². The number of pyridine rings is 1. The molecular formula is C32H40N4O3. The molecule has 7 nitrogen and oxygen atoms in total. The highest BCUT2D eigenvalue weighted by molar-refractivity contribution is 5.93. The minimum atomic E-state index is -0.0904. The molecule has 1 heterocycles. The molecule has 0 radical (unpaired) electrons. The number of nitrogens with one attached hydrogen (secondary N) is 3. The Morgan fingerprint density at radius 1 is 1.03 bits per heavy atom. The van der Waals surface area contributed by atoms with Gasteiger partial charge in [-0.05, 0) is 71.7 Å². The largest absolute Gasteiger partial charge is 0.457 e. The number of anilines is 1. The van der Waals surface area contributed by atoms with Crippen molar-refractivity contribution in [2.45, 2.75) is 71.9 Å². The van der Waals surface area contributed by atoms with Gasteiger partial charge < -0.3 is 20.7 Å². The number of benzene rings is 2. The van der Waals surface area contributed by atoms with Crippen LogP contribution in [0.2, 0.25) is 0 Å². The summed E-state index contributed by atoms with van der Waals surface area (Å²) in [7, 11) is 0. The summed E-state index contributed by atoms with van der Waals surface area (Å²) < 4.78 is 6.14. The first-order valence-electron chi connectivity index (χ1n) is 13.7. The maximum Gasteiger partial charge on any atom is 0.234 e. The molecule has 3 N–H and O–H groups in total. The number of ether oxygens (including phenoxy) is 1. The number of nitrogens with zero attached hydrogens (tertiary/aromatic N) is 1. The van der Waals surface area contributed by atoms with Gasteiger partial charge in [-0.1, -0.05) is 52.8 Å². The number of carbonyl (C=O) groups is 2. The van der Waals surface area contributed by atoms with Crippen molar-refractivity contribution in [2.24, 2.45) is 5.92 Å². The monoisotopic (exact) mass is 528 g/mol. The maximum atomic E-state index is 13.2. The fourth-order valence-corrected chi connectivity index (χ4v) is 4.63. The first-order valence-corrected chi connectivity index (χ1v) is 13.7. The van der Waals surface area contributed by atoms with Crippen LogP contribution in [-0.4, -0.2) is 29.4 Å². The van der Waals surface area contributed by atoms with Crippen LogP contribution in [-0.2, 0) is 34.4 Å². The molecule has 2 amide bonds. The van der Waals surface area contributed by atoms with E-state index in [-0.39, 0.29) is 35.7 Å². The number of rotatable bonds is 9. The zero-order chi connectivity index (χ0) is 28.0. The lowest BCUT2D eigenvalue weighted by Gasteiger charge is -2.25. The van der Waals surface area contributed by atoms with Gasteiger partial charge in [0.1, 0.15) is 11.5 Å². The molecule has 0 aliphatic heterocycles. The minimum absolute atomic E-state index is 0.0232. The van der Waals surface area contributed by atoms with Gasteiger partial charge in [0.2, 0.25) is 11.8 Å². The third kappa shape index (κ3) is 8.14. The Kier molecular flexibility index (Phi) is 9.02. The molecule has 0 fully saturated rings. The highest BCUT2D eigenvalue weighted by atomic mass is 16.5. The summed E-state index contributed by atoms with van der Waals surface area (Å²) in [6.07, 6.45) is 4.04. The third-order valence-corrected chi connectivity index (χ3v) is 6.93. The summed E-state index contributed by atoms with van der Waals surface area (Å²) in [5.74, 6) is 1.26. The summed E-state index contributed by atoms with van der Waals surface area (Å²) >= 11 is 0. The second-order valence-corrected chi connectivity index (χ2v) is 11.6. The van der Waals surface area contributed by atoms with Crippen LogP contribution in [0.25, 0.3) is 0 Å². The molecule has 206 valence electrons. The van der Waals surface area contributed by atoms with Crippen LogP contribution in [0.1, 0.15) is 63.4 Å². The van der Waals surface area contributed by atoms with E-state index in [2.05, 4.69) is 59.9 Å². The zero-order valence-electron chi connectivity index (χ0n) is 23.6. The number of aromatic nitrogens is 1. The van der Waals surface area contributed by atoms with E-state index in [0.29, 0.717) is 18.7 Å². The Hall–Kier alpha value is -3.71. The molecule has 2 aromatic carbocycles. The standard InChI is InChI=1S/C32H40N4O3/c1-21(2)34-20-30(37)35-19-27-18-29(13-14-33-27)39-28-12-11-22-9-10-23(15-24(22)16-28)31(38)36-26-8-6-7-25(17-26)32(3,4)5/h6-8,11-14,16-18,21,23,34H,9-10,15,19-20H2,1-5H3,(H,35,37)(H,36,38). The first kappa shape index (κ1) is 28.3. The molecule has 0 spiro atoms. The second kappa shape index (κ2) is 12.4. The zero-order valence-corrected chi connectivity index (χ0v) is 23.6. The van der Waals surface area contributed by atoms with E-state index in [4.69, 9.17) is 4.74 Å². The van der Waals surface area contributed by atoms with Crippen molar-refractivity contribution in [3.05, 3.63) is 83.2 Å². The molecule has 0 saturated heterocycles. The van der Waals surface area contributed by atoms with Crippen LogP contribution in [0.15, 0.2) is 60.8 Å². The van der Waals surface area contributed by atoms with E-state index in [1.165, 1.54) is 11.1 Å². The fraction of sp³-hybridized carbons (Fsp3) is 0.406. The summed E-state index contributed by atoms with van der Waals surface area (Å²) in [6.45, 7) is 11.1. The highest BCUT2D eigenvalue weighted by Crippen LogP contribution is 2.32. The van der Waals surface area contributed by atoms with Crippen LogP contribution in [0.3, 0.4) is 0 Å². The van der Waals surface area contributed by atoms with Gasteiger partial charge in [0.05, 0.1) is 18.8 Å². The number of hydrogen-bond acceptors (Lipinski definition) is 5. The first-order chi connectivity index (χ1) is 18.6. The van der Waals surface area contributed by atoms with Gasteiger partial charge in [-0.3, -0.25) is 14.6 Å².